The van der Waals surface area contributed by atoms with Crippen molar-refractivity contribution in [2.45, 2.75) is 36.8 Å². The van der Waals surface area contributed by atoms with Crippen molar-refractivity contribution in [1.82, 2.24) is 0 Å². The van der Waals surface area contributed by atoms with Crippen LogP contribution in [-0.2, 0) is 24.1 Å². The van der Waals surface area contributed by atoms with Crippen molar-refractivity contribution in [3.8, 4) is 0 Å². The van der Waals surface area contributed by atoms with Gasteiger partial charge in [0, 0.05) is 0 Å². The normalized spacial score (nSPS) is 34.0. The summed E-state index contributed by atoms with van der Waals surface area (Å²) in [7, 11) is -5.02. The van der Waals surface area contributed by atoms with Crippen molar-refractivity contribution in [3.05, 3.63) is 0 Å². The van der Waals surface area contributed by atoms with Gasteiger partial charge in [0.05, 0.1) is 19.8 Å². The molecule has 0 aliphatic carbocycles. The maximum atomic E-state index is 10.3. The van der Waals surface area contributed by atoms with E-state index in [4.69, 9.17) is 19.7 Å². The van der Waals surface area contributed by atoms with Crippen LogP contribution in [0.1, 0.15) is 0 Å². The first kappa shape index (κ1) is 22.6. The van der Waals surface area contributed by atoms with E-state index in [1.54, 1.807) is 0 Å². The Balaban J connectivity index is 0.00000441. The fourth-order valence-electron chi connectivity index (χ4n) is 1.60. The third kappa shape index (κ3) is 7.00. The molecule has 1 aliphatic rings. The summed E-state index contributed by atoms with van der Waals surface area (Å²) in [5, 5.41) is 46.5. The first-order valence-corrected chi connectivity index (χ1v) is 7.19. The zero-order valence-corrected chi connectivity index (χ0v) is 14.5. The van der Waals surface area contributed by atoms with Gasteiger partial charge in [0.2, 0.25) is 10.4 Å². The van der Waals surface area contributed by atoms with Crippen LogP contribution in [0.25, 0.3) is 0 Å². The van der Waals surface area contributed by atoms with Gasteiger partial charge in [-0.2, -0.15) is 0 Å². The molecule has 0 saturated carbocycles. The van der Waals surface area contributed by atoms with E-state index >= 15 is 0 Å². The number of hydrogen-bond donors (Lipinski definition) is 5. The molecule has 1 saturated heterocycles. The molecular formula is C9H17NaO11S. The van der Waals surface area contributed by atoms with Crippen molar-refractivity contribution in [2.75, 3.05) is 19.8 Å². The minimum atomic E-state index is -5.02. The molecule has 1 rings (SSSR count). The standard InChI is InChI=1S/C9H18O11S.Na/c10-1-4(11)2-18-9-8(14)7(13)6(12)5(20-9)3-19-21(15,16)17;/h4-14H,1-3H2,(H,15,16,17);/q;+1/p-1/t4-,5-,6-,7+,8-,9+;/m1./s1. The van der Waals surface area contributed by atoms with Crippen LogP contribution in [0.3, 0.4) is 0 Å². The van der Waals surface area contributed by atoms with Crippen LogP contribution < -0.4 is 29.6 Å². The molecule has 1 aliphatic heterocycles. The van der Waals surface area contributed by atoms with Gasteiger partial charge in [-0.1, -0.05) is 0 Å². The van der Waals surface area contributed by atoms with Gasteiger partial charge < -0.3 is 39.6 Å². The van der Waals surface area contributed by atoms with Gasteiger partial charge >= 0.3 is 29.6 Å². The van der Waals surface area contributed by atoms with E-state index in [9.17, 15) is 28.3 Å². The molecule has 0 radical (unpaired) electrons. The number of ether oxygens (including phenoxy) is 2. The Morgan fingerprint density at radius 1 is 1.18 bits per heavy atom. The van der Waals surface area contributed by atoms with E-state index in [2.05, 4.69) is 4.18 Å². The third-order valence-electron chi connectivity index (χ3n) is 2.71. The zero-order chi connectivity index (χ0) is 16.2. The van der Waals surface area contributed by atoms with Crippen LogP contribution >= 0.6 is 0 Å². The summed E-state index contributed by atoms with van der Waals surface area (Å²) in [6, 6.07) is 0. The van der Waals surface area contributed by atoms with E-state index in [0.29, 0.717) is 0 Å². The molecule has 0 aromatic carbocycles. The Hall–Kier alpha value is 0.590. The molecular weight excluding hydrogens is 339 g/mol. The molecule has 0 aromatic rings. The summed E-state index contributed by atoms with van der Waals surface area (Å²) < 4.78 is 44.8. The SMILES string of the molecule is O=S(=O)([O-])OC[C@H]1O[C@H](OC[C@H](O)CO)[C@H](O)[C@@H](O)[C@@H]1O.[Na+]. The van der Waals surface area contributed by atoms with E-state index in [1.165, 1.54) is 0 Å². The second kappa shape index (κ2) is 9.78. The molecule has 1 heterocycles. The second-order valence-electron chi connectivity index (χ2n) is 4.38. The van der Waals surface area contributed by atoms with Crippen molar-refractivity contribution in [2.24, 2.45) is 0 Å². The van der Waals surface area contributed by atoms with Crippen LogP contribution in [0.4, 0.5) is 0 Å². The average Bonchev–Trinajstić information content (AvgIpc) is 2.41. The number of aliphatic hydroxyl groups is 5. The third-order valence-corrected chi connectivity index (χ3v) is 3.13. The summed E-state index contributed by atoms with van der Waals surface area (Å²) in [4.78, 5) is 0. The molecule has 6 atom stereocenters. The first-order chi connectivity index (χ1) is 9.65. The van der Waals surface area contributed by atoms with Gasteiger partial charge in [0.1, 0.15) is 30.5 Å². The van der Waals surface area contributed by atoms with E-state index in [-0.39, 0.29) is 29.6 Å². The molecule has 126 valence electrons. The Morgan fingerprint density at radius 2 is 1.77 bits per heavy atom. The summed E-state index contributed by atoms with van der Waals surface area (Å²) in [6.07, 6.45) is -9.40. The average molecular weight is 356 g/mol. The topological polar surface area (TPSA) is 186 Å². The van der Waals surface area contributed by atoms with Crippen LogP contribution in [0.2, 0.25) is 0 Å². The Bertz CT molecular complexity index is 418. The van der Waals surface area contributed by atoms with Gasteiger partial charge in [0.25, 0.3) is 0 Å². The molecule has 0 bridgehead atoms. The summed E-state index contributed by atoms with van der Waals surface area (Å²) in [5.74, 6) is 0. The Kier molecular flexibility index (Phi) is 10.0. The maximum Gasteiger partial charge on any atom is 1.00 e. The van der Waals surface area contributed by atoms with Gasteiger partial charge in [0.15, 0.2) is 6.29 Å². The molecule has 5 N–H and O–H groups in total. The van der Waals surface area contributed by atoms with Gasteiger partial charge in [-0.25, -0.2) is 8.42 Å². The van der Waals surface area contributed by atoms with Gasteiger partial charge in [-0.05, 0) is 0 Å². The second-order valence-corrected chi connectivity index (χ2v) is 5.43. The van der Waals surface area contributed by atoms with Gasteiger partial charge in [-0.3, -0.25) is 4.18 Å². The van der Waals surface area contributed by atoms with Crippen LogP contribution in [0.15, 0.2) is 0 Å². The molecule has 22 heavy (non-hydrogen) atoms. The fraction of sp³-hybridized carbons (Fsp3) is 1.00. The monoisotopic (exact) mass is 356 g/mol. The predicted octanol–water partition coefficient (Wildman–Crippen LogP) is -7.36. The maximum absolute atomic E-state index is 10.3. The summed E-state index contributed by atoms with van der Waals surface area (Å²) >= 11 is 0. The van der Waals surface area contributed by atoms with Crippen LogP contribution in [0, 0.1) is 0 Å². The number of rotatable bonds is 7. The predicted molar refractivity (Wildman–Crippen MR) is 61.4 cm³/mol. The number of hydrogen-bond acceptors (Lipinski definition) is 11. The molecule has 13 heteroatoms. The van der Waals surface area contributed by atoms with Crippen molar-refractivity contribution >= 4 is 10.4 Å². The van der Waals surface area contributed by atoms with E-state index in [0.717, 1.165) is 0 Å². The van der Waals surface area contributed by atoms with Crippen molar-refractivity contribution < 1.29 is 81.7 Å². The molecule has 0 unspecified atom stereocenters. The van der Waals surface area contributed by atoms with E-state index < -0.39 is 67.0 Å². The minimum Gasteiger partial charge on any atom is -0.726 e. The smallest absolute Gasteiger partial charge is 0.726 e. The molecule has 0 aromatic heterocycles. The van der Waals surface area contributed by atoms with Gasteiger partial charge in [-0.15, -0.1) is 0 Å². The summed E-state index contributed by atoms with van der Waals surface area (Å²) in [6.45, 7) is -1.96. The largest absolute Gasteiger partial charge is 1.00 e. The molecule has 11 nitrogen and oxygen atoms in total. The Morgan fingerprint density at radius 3 is 2.27 bits per heavy atom. The molecule has 0 amide bonds. The zero-order valence-electron chi connectivity index (χ0n) is 11.7. The molecule has 0 spiro atoms. The van der Waals surface area contributed by atoms with Crippen LogP contribution in [-0.4, -0.2) is 95.1 Å². The number of aliphatic hydroxyl groups excluding tert-OH is 5. The quantitative estimate of drug-likeness (QED) is 0.166. The van der Waals surface area contributed by atoms with Crippen molar-refractivity contribution in [1.29, 1.82) is 0 Å². The fourth-order valence-corrected chi connectivity index (χ4v) is 1.90. The minimum absolute atomic E-state index is 0. The first-order valence-electron chi connectivity index (χ1n) is 5.86. The molecule has 1 fully saturated rings. The van der Waals surface area contributed by atoms with Crippen molar-refractivity contribution in [3.63, 3.8) is 0 Å². The Labute approximate surface area is 148 Å². The van der Waals surface area contributed by atoms with Crippen LogP contribution in [0.5, 0.6) is 0 Å². The van der Waals surface area contributed by atoms with E-state index in [1.807, 2.05) is 0 Å². The summed E-state index contributed by atoms with van der Waals surface area (Å²) in [5.41, 5.74) is 0.